The predicted octanol–water partition coefficient (Wildman–Crippen LogP) is 11.8. The first kappa shape index (κ1) is 26.2. The molecular formula is C46H37N. The zero-order chi connectivity index (χ0) is 30.7. The number of hydrogen-bond acceptors (Lipinski definition) is 0. The first-order chi connectivity index (χ1) is 23.3. The quantitative estimate of drug-likeness (QED) is 0.189. The Morgan fingerprint density at radius 3 is 1.83 bits per heavy atom. The molecular weight excluding hydrogens is 567 g/mol. The molecule has 4 saturated carbocycles. The van der Waals surface area contributed by atoms with E-state index in [1.165, 1.54) is 93.0 Å². The van der Waals surface area contributed by atoms with E-state index in [1.54, 1.807) is 11.1 Å². The van der Waals surface area contributed by atoms with Gasteiger partial charge in [-0.1, -0.05) is 109 Å². The van der Waals surface area contributed by atoms with E-state index in [1.807, 2.05) is 0 Å². The molecule has 5 aliphatic carbocycles. The number of para-hydroxylation sites is 1. The fourth-order valence-corrected chi connectivity index (χ4v) is 11.2. The molecule has 1 spiro atoms. The minimum absolute atomic E-state index is 0.189. The molecule has 4 bridgehead atoms. The second-order valence-corrected chi connectivity index (χ2v) is 15.0. The van der Waals surface area contributed by atoms with E-state index < -0.39 is 0 Å². The van der Waals surface area contributed by atoms with Crippen LogP contribution in [0.4, 0.5) is 0 Å². The van der Waals surface area contributed by atoms with Gasteiger partial charge in [-0.2, -0.15) is 0 Å². The number of fused-ring (bicyclic) bond motifs is 6. The number of hydrogen-bond donors (Lipinski definition) is 0. The second kappa shape index (κ2) is 9.58. The lowest BCUT2D eigenvalue weighted by atomic mass is 9.43. The molecule has 12 rings (SSSR count). The van der Waals surface area contributed by atoms with Gasteiger partial charge >= 0.3 is 0 Å². The average Bonchev–Trinajstić information content (AvgIpc) is 3.61. The van der Waals surface area contributed by atoms with Gasteiger partial charge in [0, 0.05) is 21.9 Å². The fourth-order valence-electron chi connectivity index (χ4n) is 11.2. The SMILES string of the molecule is c1ccc(-c2ccc(-n3c4ccccc4c4ccc(-c5ccc6c(c5)C5(c7ccccc7-6)C6CC7CC(C6)CC5C7)cc43)cc2)cc1. The van der Waals surface area contributed by atoms with E-state index in [9.17, 15) is 0 Å². The lowest BCUT2D eigenvalue weighted by Gasteiger charge is -2.61. The zero-order valence-corrected chi connectivity index (χ0v) is 26.6. The van der Waals surface area contributed by atoms with Crippen LogP contribution >= 0.6 is 0 Å². The lowest BCUT2D eigenvalue weighted by molar-refractivity contribution is -0.0399. The van der Waals surface area contributed by atoms with E-state index >= 15 is 0 Å². The normalized spacial score (nSPS) is 25.1. The molecule has 1 nitrogen and oxygen atoms in total. The van der Waals surface area contributed by atoms with Crippen molar-refractivity contribution in [2.75, 3.05) is 0 Å². The molecule has 1 aromatic heterocycles. The third-order valence-electron chi connectivity index (χ3n) is 12.8. The summed E-state index contributed by atoms with van der Waals surface area (Å²) in [6.07, 6.45) is 7.15. The van der Waals surface area contributed by atoms with Gasteiger partial charge in [0.05, 0.1) is 11.0 Å². The number of nitrogens with zero attached hydrogens (tertiary/aromatic N) is 1. The molecule has 226 valence electrons. The molecule has 5 aliphatic rings. The molecule has 1 heteroatoms. The van der Waals surface area contributed by atoms with Crippen LogP contribution in [0.15, 0.2) is 140 Å². The second-order valence-electron chi connectivity index (χ2n) is 15.0. The van der Waals surface area contributed by atoms with Gasteiger partial charge in [-0.15, -0.1) is 0 Å². The Morgan fingerprint density at radius 2 is 1.02 bits per heavy atom. The Balaban J connectivity index is 1.08. The summed E-state index contributed by atoms with van der Waals surface area (Å²) in [5, 5.41) is 2.61. The van der Waals surface area contributed by atoms with Crippen molar-refractivity contribution < 1.29 is 0 Å². The van der Waals surface area contributed by atoms with Gasteiger partial charge in [-0.3, -0.25) is 0 Å². The van der Waals surface area contributed by atoms with Crippen LogP contribution in [0.2, 0.25) is 0 Å². The minimum atomic E-state index is 0.189. The highest BCUT2D eigenvalue weighted by molar-refractivity contribution is 6.10. The van der Waals surface area contributed by atoms with Crippen LogP contribution in [0.5, 0.6) is 0 Å². The molecule has 47 heavy (non-hydrogen) atoms. The molecule has 0 unspecified atom stereocenters. The highest BCUT2D eigenvalue weighted by Crippen LogP contribution is 2.69. The molecule has 4 fully saturated rings. The van der Waals surface area contributed by atoms with Crippen molar-refractivity contribution in [2.24, 2.45) is 23.7 Å². The number of benzene rings is 6. The van der Waals surface area contributed by atoms with Gasteiger partial charge in [0.1, 0.15) is 0 Å². The Labute approximate surface area is 276 Å². The van der Waals surface area contributed by atoms with Crippen LogP contribution in [0.3, 0.4) is 0 Å². The zero-order valence-electron chi connectivity index (χ0n) is 26.6. The van der Waals surface area contributed by atoms with E-state index in [2.05, 4.69) is 144 Å². The maximum atomic E-state index is 2.63. The van der Waals surface area contributed by atoms with Crippen LogP contribution in [0.1, 0.15) is 43.2 Å². The molecule has 0 N–H and O–H groups in total. The molecule has 0 saturated heterocycles. The van der Waals surface area contributed by atoms with Gasteiger partial charge in [0.25, 0.3) is 0 Å². The number of rotatable bonds is 3. The summed E-state index contributed by atoms with van der Waals surface area (Å²) in [5.74, 6) is 3.46. The molecule has 1 heterocycles. The van der Waals surface area contributed by atoms with Crippen molar-refractivity contribution in [2.45, 2.75) is 37.5 Å². The average molecular weight is 604 g/mol. The summed E-state index contributed by atoms with van der Waals surface area (Å²) in [6.45, 7) is 0. The van der Waals surface area contributed by atoms with Crippen LogP contribution in [-0.2, 0) is 5.41 Å². The Kier molecular flexibility index (Phi) is 5.34. The van der Waals surface area contributed by atoms with E-state index in [4.69, 9.17) is 0 Å². The van der Waals surface area contributed by atoms with Crippen LogP contribution in [0, 0.1) is 23.7 Å². The molecule has 0 aliphatic heterocycles. The van der Waals surface area contributed by atoms with Crippen molar-refractivity contribution in [3.05, 3.63) is 151 Å². The summed E-state index contributed by atoms with van der Waals surface area (Å²) in [5.41, 5.74) is 15.3. The van der Waals surface area contributed by atoms with E-state index in [0.29, 0.717) is 0 Å². The van der Waals surface area contributed by atoms with Crippen LogP contribution < -0.4 is 0 Å². The first-order valence-corrected chi connectivity index (χ1v) is 17.7. The molecule has 0 amide bonds. The minimum Gasteiger partial charge on any atom is -0.309 e. The first-order valence-electron chi connectivity index (χ1n) is 17.7. The highest BCUT2D eigenvalue weighted by Gasteiger charge is 2.61. The third-order valence-corrected chi connectivity index (χ3v) is 12.8. The van der Waals surface area contributed by atoms with Gasteiger partial charge in [-0.05, 0) is 131 Å². The monoisotopic (exact) mass is 603 g/mol. The van der Waals surface area contributed by atoms with Crippen molar-refractivity contribution in [3.63, 3.8) is 0 Å². The molecule has 7 aromatic rings. The van der Waals surface area contributed by atoms with Crippen molar-refractivity contribution in [1.82, 2.24) is 4.57 Å². The maximum Gasteiger partial charge on any atom is 0.0547 e. The summed E-state index contributed by atoms with van der Waals surface area (Å²) in [6, 6.07) is 52.8. The third kappa shape index (κ3) is 3.55. The van der Waals surface area contributed by atoms with Gasteiger partial charge in [-0.25, -0.2) is 0 Å². The lowest BCUT2D eigenvalue weighted by Crippen LogP contribution is -2.55. The topological polar surface area (TPSA) is 4.93 Å². The Hall–Kier alpha value is -4.88. The van der Waals surface area contributed by atoms with Gasteiger partial charge in [0.15, 0.2) is 0 Å². The van der Waals surface area contributed by atoms with E-state index in [0.717, 1.165) is 23.7 Å². The molecule has 0 radical (unpaired) electrons. The predicted molar refractivity (Wildman–Crippen MR) is 195 cm³/mol. The molecule has 0 atom stereocenters. The van der Waals surface area contributed by atoms with Crippen molar-refractivity contribution in [1.29, 1.82) is 0 Å². The Morgan fingerprint density at radius 1 is 0.426 bits per heavy atom. The van der Waals surface area contributed by atoms with Crippen LogP contribution in [-0.4, -0.2) is 4.57 Å². The standard InChI is InChI=1S/C46H37N/c1-2-8-31(9-3-1)32-14-18-37(19-15-32)47-44-13-7-5-11-40(44)41-21-17-34(28-45(41)47)33-16-20-39-38-10-4-6-12-42(38)46(43(39)27-33)35-23-29-22-30(25-35)26-36(46)24-29/h1-21,27-30,35-36H,22-26H2. The number of aromatic nitrogens is 1. The summed E-state index contributed by atoms with van der Waals surface area (Å²) >= 11 is 0. The van der Waals surface area contributed by atoms with Crippen molar-refractivity contribution >= 4 is 21.8 Å². The van der Waals surface area contributed by atoms with Crippen molar-refractivity contribution in [3.8, 4) is 39.1 Å². The summed E-state index contributed by atoms with van der Waals surface area (Å²) < 4.78 is 2.46. The smallest absolute Gasteiger partial charge is 0.0547 e. The Bertz CT molecular complexity index is 2330. The highest BCUT2D eigenvalue weighted by atomic mass is 15.0. The largest absolute Gasteiger partial charge is 0.309 e. The van der Waals surface area contributed by atoms with Crippen LogP contribution in [0.25, 0.3) is 60.9 Å². The summed E-state index contributed by atoms with van der Waals surface area (Å²) in [4.78, 5) is 0. The fraction of sp³-hybridized carbons (Fsp3) is 0.217. The summed E-state index contributed by atoms with van der Waals surface area (Å²) in [7, 11) is 0. The van der Waals surface area contributed by atoms with E-state index in [-0.39, 0.29) is 5.41 Å². The molecule has 6 aromatic carbocycles. The maximum absolute atomic E-state index is 2.63. The van der Waals surface area contributed by atoms with Gasteiger partial charge in [0.2, 0.25) is 0 Å². The van der Waals surface area contributed by atoms with Gasteiger partial charge < -0.3 is 4.57 Å².